The van der Waals surface area contributed by atoms with Gasteiger partial charge in [0.2, 0.25) is 5.72 Å². The summed E-state index contributed by atoms with van der Waals surface area (Å²) in [4.78, 5) is 0. The van der Waals surface area contributed by atoms with Gasteiger partial charge in [0.15, 0.2) is 0 Å². The molecule has 5 rings (SSSR count). The number of hydrazone groups is 1. The average molecular weight is 374 g/mol. The Bertz CT molecular complexity index is 1080. The maximum Gasteiger partial charge on any atom is 0.225 e. The molecule has 0 spiro atoms. The molecule has 0 radical (unpaired) electrons. The van der Waals surface area contributed by atoms with Crippen molar-refractivity contribution in [3.05, 3.63) is 95.3 Å². The summed E-state index contributed by atoms with van der Waals surface area (Å²) in [5, 5.41) is 17.2. The molecule has 0 amide bonds. The van der Waals surface area contributed by atoms with Gasteiger partial charge in [-0.2, -0.15) is 5.10 Å². The van der Waals surface area contributed by atoms with Crippen molar-refractivity contribution in [3.8, 4) is 11.5 Å². The second kappa shape index (κ2) is 6.09. The van der Waals surface area contributed by atoms with Crippen molar-refractivity contribution in [1.82, 2.24) is 5.01 Å². The molecule has 0 fully saturated rings. The maximum absolute atomic E-state index is 14.0. The van der Waals surface area contributed by atoms with Gasteiger partial charge in [0.1, 0.15) is 17.3 Å². The second-order valence-corrected chi connectivity index (χ2v) is 7.26. The van der Waals surface area contributed by atoms with Crippen LogP contribution in [0.15, 0.2) is 77.9 Å². The number of hydrogen-bond acceptors (Lipinski definition) is 4. The summed E-state index contributed by atoms with van der Waals surface area (Å²) >= 11 is 0. The molecule has 2 aliphatic heterocycles. The minimum Gasteiger partial charge on any atom is -0.507 e. The number of para-hydroxylation sites is 1. The molecule has 140 valence electrons. The Balaban J connectivity index is 1.69. The second-order valence-electron chi connectivity index (χ2n) is 7.26. The molecule has 2 atom stereocenters. The minimum atomic E-state index is -1.14. The van der Waals surface area contributed by atoms with Crippen molar-refractivity contribution >= 4 is 5.71 Å². The highest BCUT2D eigenvalue weighted by atomic mass is 19.1. The van der Waals surface area contributed by atoms with Crippen molar-refractivity contribution in [2.75, 3.05) is 0 Å². The van der Waals surface area contributed by atoms with Crippen LogP contribution in [0.25, 0.3) is 0 Å². The number of ether oxygens (including phenoxy) is 1. The van der Waals surface area contributed by atoms with E-state index in [0.717, 1.165) is 22.6 Å². The van der Waals surface area contributed by atoms with Gasteiger partial charge in [-0.3, -0.25) is 0 Å². The summed E-state index contributed by atoms with van der Waals surface area (Å²) in [6.07, 6.45) is 0.704. The molecule has 1 N–H and O–H groups in total. The molecule has 2 aliphatic rings. The molecule has 2 heterocycles. The predicted octanol–water partition coefficient (Wildman–Crippen LogP) is 4.95. The zero-order valence-electron chi connectivity index (χ0n) is 15.3. The Morgan fingerprint density at radius 2 is 1.82 bits per heavy atom. The highest BCUT2D eigenvalue weighted by Crippen LogP contribution is 2.51. The fraction of sp³-hybridized carbons (Fsp3) is 0.174. The van der Waals surface area contributed by atoms with E-state index < -0.39 is 11.5 Å². The van der Waals surface area contributed by atoms with Crippen LogP contribution in [0, 0.1) is 5.82 Å². The number of rotatable bonds is 2. The standard InChI is InChI=1S/C23H19FN2O2/c1-23(18-13-16(24)11-12-21(18)27)26-20(17-9-5-6-10-22(17)28-23)14-19(25-26)15-7-3-2-4-8-15/h2-13,20,27H,14H2,1H3. The molecule has 0 saturated heterocycles. The lowest BCUT2D eigenvalue weighted by atomic mass is 9.92. The van der Waals surface area contributed by atoms with Gasteiger partial charge < -0.3 is 9.84 Å². The first-order valence-corrected chi connectivity index (χ1v) is 9.25. The van der Waals surface area contributed by atoms with Crippen LogP contribution in [0.4, 0.5) is 4.39 Å². The van der Waals surface area contributed by atoms with E-state index in [1.54, 1.807) is 0 Å². The Hall–Kier alpha value is -3.34. The van der Waals surface area contributed by atoms with Gasteiger partial charge >= 0.3 is 0 Å². The summed E-state index contributed by atoms with van der Waals surface area (Å²) in [7, 11) is 0. The molecule has 3 aromatic rings. The van der Waals surface area contributed by atoms with Gasteiger partial charge in [-0.05, 0) is 29.8 Å². The van der Waals surface area contributed by atoms with E-state index in [1.165, 1.54) is 18.2 Å². The van der Waals surface area contributed by atoms with Crippen molar-refractivity contribution < 1.29 is 14.2 Å². The van der Waals surface area contributed by atoms with Gasteiger partial charge in [-0.25, -0.2) is 9.40 Å². The van der Waals surface area contributed by atoms with Crippen LogP contribution in [0.1, 0.15) is 36.1 Å². The number of aromatic hydroxyl groups is 1. The van der Waals surface area contributed by atoms with Crippen LogP contribution < -0.4 is 4.74 Å². The number of benzene rings is 3. The lowest BCUT2D eigenvalue weighted by Gasteiger charge is -2.46. The largest absolute Gasteiger partial charge is 0.507 e. The quantitative estimate of drug-likeness (QED) is 0.690. The van der Waals surface area contributed by atoms with E-state index in [9.17, 15) is 9.50 Å². The Morgan fingerprint density at radius 3 is 2.64 bits per heavy atom. The first-order valence-electron chi connectivity index (χ1n) is 9.25. The van der Waals surface area contributed by atoms with Gasteiger partial charge in [0.25, 0.3) is 0 Å². The fourth-order valence-corrected chi connectivity index (χ4v) is 4.12. The molecular formula is C23H19FN2O2. The molecule has 0 aliphatic carbocycles. The molecule has 2 unspecified atom stereocenters. The third-order valence-corrected chi connectivity index (χ3v) is 5.50. The molecule has 3 aromatic carbocycles. The number of hydrogen-bond donors (Lipinski definition) is 1. The smallest absolute Gasteiger partial charge is 0.225 e. The highest BCUT2D eigenvalue weighted by molar-refractivity contribution is 6.02. The van der Waals surface area contributed by atoms with E-state index in [0.29, 0.717) is 12.0 Å². The van der Waals surface area contributed by atoms with Crippen molar-refractivity contribution in [1.29, 1.82) is 0 Å². The Kier molecular flexibility index (Phi) is 3.66. The number of phenolic OH excluding ortho intramolecular Hbond substituents is 1. The van der Waals surface area contributed by atoms with Crippen LogP contribution >= 0.6 is 0 Å². The first-order chi connectivity index (χ1) is 13.6. The van der Waals surface area contributed by atoms with Crippen LogP contribution in [0.5, 0.6) is 11.5 Å². The van der Waals surface area contributed by atoms with Crippen LogP contribution in [0.3, 0.4) is 0 Å². The normalized spacial score (nSPS) is 22.9. The third kappa shape index (κ3) is 2.47. The third-order valence-electron chi connectivity index (χ3n) is 5.50. The summed E-state index contributed by atoms with van der Waals surface area (Å²) in [5.74, 6) is 0.268. The van der Waals surface area contributed by atoms with Crippen molar-refractivity contribution in [3.63, 3.8) is 0 Å². The van der Waals surface area contributed by atoms with Gasteiger partial charge in [0, 0.05) is 18.9 Å². The maximum atomic E-state index is 14.0. The number of halogens is 1. The lowest BCUT2D eigenvalue weighted by Crippen LogP contribution is -2.48. The van der Waals surface area contributed by atoms with Crippen LogP contribution in [-0.2, 0) is 5.72 Å². The SMILES string of the molecule is CC1(c2cc(F)ccc2O)Oc2ccccc2C2CC(c3ccccc3)=NN21. The molecule has 4 nitrogen and oxygen atoms in total. The highest BCUT2D eigenvalue weighted by Gasteiger charge is 2.50. The van der Waals surface area contributed by atoms with Gasteiger partial charge in [-0.1, -0.05) is 48.5 Å². The van der Waals surface area contributed by atoms with Crippen molar-refractivity contribution in [2.24, 2.45) is 5.10 Å². The summed E-state index contributed by atoms with van der Waals surface area (Å²) in [6.45, 7) is 1.82. The summed E-state index contributed by atoms with van der Waals surface area (Å²) < 4.78 is 20.4. The fourth-order valence-electron chi connectivity index (χ4n) is 4.12. The minimum absolute atomic E-state index is 0.0228. The monoisotopic (exact) mass is 374 g/mol. The summed E-state index contributed by atoms with van der Waals surface area (Å²) in [5.41, 5.74) is 2.23. The van der Waals surface area contributed by atoms with E-state index in [-0.39, 0.29) is 11.8 Å². The molecule has 28 heavy (non-hydrogen) atoms. The molecule has 0 aromatic heterocycles. The number of nitrogens with zero attached hydrogens (tertiary/aromatic N) is 2. The Labute approximate surface area is 162 Å². The van der Waals surface area contributed by atoms with Crippen LogP contribution in [0.2, 0.25) is 0 Å². The average Bonchev–Trinajstić information content (AvgIpc) is 3.17. The lowest BCUT2D eigenvalue weighted by molar-refractivity contribution is -0.113. The van der Waals surface area contributed by atoms with E-state index in [2.05, 4.69) is 0 Å². The molecular weight excluding hydrogens is 355 g/mol. The zero-order valence-corrected chi connectivity index (χ0v) is 15.3. The van der Waals surface area contributed by atoms with Gasteiger partial charge in [0.05, 0.1) is 17.3 Å². The van der Waals surface area contributed by atoms with E-state index in [4.69, 9.17) is 9.84 Å². The molecule has 0 bridgehead atoms. The number of fused-ring (bicyclic) bond motifs is 3. The van der Waals surface area contributed by atoms with E-state index in [1.807, 2.05) is 66.5 Å². The van der Waals surface area contributed by atoms with Crippen LogP contribution in [-0.4, -0.2) is 15.8 Å². The first kappa shape index (κ1) is 16.8. The van der Waals surface area contributed by atoms with E-state index >= 15 is 0 Å². The van der Waals surface area contributed by atoms with Crippen molar-refractivity contribution in [2.45, 2.75) is 25.1 Å². The molecule has 0 saturated carbocycles. The molecule has 5 heteroatoms. The number of phenols is 1. The predicted molar refractivity (Wildman–Crippen MR) is 105 cm³/mol. The zero-order chi connectivity index (χ0) is 19.3. The van der Waals surface area contributed by atoms with Gasteiger partial charge in [-0.15, -0.1) is 0 Å². The summed E-state index contributed by atoms with van der Waals surface area (Å²) in [6, 6.07) is 21.7. The topological polar surface area (TPSA) is 45.1 Å². The Morgan fingerprint density at radius 1 is 1.07 bits per heavy atom.